The highest BCUT2D eigenvalue weighted by Crippen LogP contribution is 2.26. The van der Waals surface area contributed by atoms with E-state index >= 15 is 0 Å². The Morgan fingerprint density at radius 3 is 2.87 bits per heavy atom. The lowest BCUT2D eigenvalue weighted by molar-refractivity contribution is 0.114. The number of ether oxygens (including phenoxy) is 1. The Kier molecular flexibility index (Phi) is 2.58. The number of nitrogens with one attached hydrogen (secondary N) is 1. The Bertz CT molecular complexity index is 385. The first-order valence-electron chi connectivity index (χ1n) is 5.15. The highest BCUT2D eigenvalue weighted by atomic mass is 16.5. The number of pyridine rings is 1. The molecule has 0 radical (unpaired) electrons. The summed E-state index contributed by atoms with van der Waals surface area (Å²) in [5, 5.41) is 7.49. The number of hydrogen-bond acceptors (Lipinski definition) is 3. The minimum atomic E-state index is 0.0231. The number of rotatable bonds is 3. The maximum Gasteiger partial charge on any atom is 0.225 e. The minimum Gasteiger partial charge on any atom is -0.474 e. The standard InChI is InChI=1S/C11H15N3O/c1-7-5-6-14-11(9(7)10(12)13)15-8-3-2-4-8/h5-6,8H,2-4H2,1H3,(H3,12,13). The number of hydrogen-bond donors (Lipinski definition) is 2. The van der Waals surface area contributed by atoms with Gasteiger partial charge in [0, 0.05) is 6.20 Å². The molecule has 0 spiro atoms. The summed E-state index contributed by atoms with van der Waals surface area (Å²) in [6, 6.07) is 1.84. The third kappa shape index (κ3) is 1.93. The summed E-state index contributed by atoms with van der Waals surface area (Å²) in [7, 11) is 0. The molecule has 1 heterocycles. The zero-order valence-corrected chi connectivity index (χ0v) is 8.79. The van der Waals surface area contributed by atoms with Crippen molar-refractivity contribution in [3.05, 3.63) is 23.4 Å². The van der Waals surface area contributed by atoms with Crippen molar-refractivity contribution in [2.24, 2.45) is 5.73 Å². The number of nitrogens with two attached hydrogens (primary N) is 1. The normalized spacial score (nSPS) is 15.8. The van der Waals surface area contributed by atoms with Gasteiger partial charge < -0.3 is 10.5 Å². The van der Waals surface area contributed by atoms with Crippen LogP contribution in [-0.2, 0) is 0 Å². The predicted octanol–water partition coefficient (Wildman–Crippen LogP) is 1.61. The smallest absolute Gasteiger partial charge is 0.225 e. The third-order valence-electron chi connectivity index (χ3n) is 2.72. The van der Waals surface area contributed by atoms with Crippen molar-refractivity contribution in [2.75, 3.05) is 0 Å². The lowest BCUT2D eigenvalue weighted by atomic mass is 9.96. The van der Waals surface area contributed by atoms with Crippen molar-refractivity contribution in [1.29, 1.82) is 5.41 Å². The van der Waals surface area contributed by atoms with Crippen LogP contribution in [0.2, 0.25) is 0 Å². The van der Waals surface area contributed by atoms with E-state index in [1.54, 1.807) is 6.20 Å². The lowest BCUT2D eigenvalue weighted by Crippen LogP contribution is -2.27. The van der Waals surface area contributed by atoms with Crippen LogP contribution in [0.4, 0.5) is 0 Å². The molecule has 1 fully saturated rings. The molecule has 3 N–H and O–H groups in total. The molecule has 0 atom stereocenters. The Morgan fingerprint density at radius 1 is 1.60 bits per heavy atom. The molecule has 0 aromatic carbocycles. The second-order valence-electron chi connectivity index (χ2n) is 3.89. The van der Waals surface area contributed by atoms with Gasteiger partial charge in [0.25, 0.3) is 0 Å². The SMILES string of the molecule is Cc1ccnc(OC2CCC2)c1C(=N)N. The summed E-state index contributed by atoms with van der Waals surface area (Å²) in [6.45, 7) is 1.91. The Morgan fingerprint density at radius 2 is 2.33 bits per heavy atom. The van der Waals surface area contributed by atoms with Gasteiger partial charge in [0.05, 0.1) is 5.56 Å². The molecule has 4 nitrogen and oxygen atoms in total. The molecule has 0 amide bonds. The molecule has 1 aliphatic rings. The number of amidine groups is 1. The van der Waals surface area contributed by atoms with Crippen molar-refractivity contribution in [1.82, 2.24) is 4.98 Å². The molecule has 0 saturated heterocycles. The zero-order valence-electron chi connectivity index (χ0n) is 8.79. The van der Waals surface area contributed by atoms with Crippen LogP contribution in [0.25, 0.3) is 0 Å². The molecule has 1 aliphatic carbocycles. The van der Waals surface area contributed by atoms with Gasteiger partial charge >= 0.3 is 0 Å². The van der Waals surface area contributed by atoms with Crippen LogP contribution in [0.5, 0.6) is 5.88 Å². The average molecular weight is 205 g/mol. The van der Waals surface area contributed by atoms with Crippen LogP contribution in [0.1, 0.15) is 30.4 Å². The first kappa shape index (κ1) is 9.96. The topological polar surface area (TPSA) is 72.0 Å². The van der Waals surface area contributed by atoms with Crippen molar-refractivity contribution in [3.63, 3.8) is 0 Å². The van der Waals surface area contributed by atoms with Crippen LogP contribution >= 0.6 is 0 Å². The second kappa shape index (κ2) is 3.88. The molecule has 0 bridgehead atoms. The number of nitrogens with zero attached hydrogens (tertiary/aromatic N) is 1. The minimum absolute atomic E-state index is 0.0231. The van der Waals surface area contributed by atoms with Gasteiger partial charge in [-0.2, -0.15) is 0 Å². The van der Waals surface area contributed by atoms with Crippen LogP contribution in [0.15, 0.2) is 12.3 Å². The van der Waals surface area contributed by atoms with Crippen molar-refractivity contribution in [3.8, 4) is 5.88 Å². The summed E-state index contributed by atoms with van der Waals surface area (Å²) in [6.07, 6.45) is 5.32. The molecule has 15 heavy (non-hydrogen) atoms. The van der Waals surface area contributed by atoms with Gasteiger partial charge in [0.15, 0.2) is 0 Å². The molecule has 0 aliphatic heterocycles. The summed E-state index contributed by atoms with van der Waals surface area (Å²) in [5.41, 5.74) is 7.08. The molecule has 80 valence electrons. The van der Waals surface area contributed by atoms with Gasteiger partial charge in [-0.15, -0.1) is 0 Å². The average Bonchev–Trinajstić information content (AvgIpc) is 2.10. The second-order valence-corrected chi connectivity index (χ2v) is 3.89. The molecule has 4 heteroatoms. The fourth-order valence-corrected chi connectivity index (χ4v) is 1.60. The van der Waals surface area contributed by atoms with E-state index in [4.69, 9.17) is 15.9 Å². The van der Waals surface area contributed by atoms with Gasteiger partial charge in [-0.25, -0.2) is 4.98 Å². The Hall–Kier alpha value is -1.58. The maximum atomic E-state index is 7.49. The van der Waals surface area contributed by atoms with Crippen molar-refractivity contribution in [2.45, 2.75) is 32.3 Å². The third-order valence-corrected chi connectivity index (χ3v) is 2.72. The molecule has 0 unspecified atom stereocenters. The van der Waals surface area contributed by atoms with Gasteiger partial charge in [0.1, 0.15) is 11.9 Å². The van der Waals surface area contributed by atoms with E-state index in [2.05, 4.69) is 4.98 Å². The highest BCUT2D eigenvalue weighted by molar-refractivity contribution is 5.98. The largest absolute Gasteiger partial charge is 0.474 e. The van der Waals surface area contributed by atoms with Crippen LogP contribution in [0.3, 0.4) is 0 Å². The first-order valence-corrected chi connectivity index (χ1v) is 5.15. The molecular formula is C11H15N3O. The summed E-state index contributed by atoms with van der Waals surface area (Å²) in [4.78, 5) is 4.14. The number of aryl methyl sites for hydroxylation is 1. The Labute approximate surface area is 89.0 Å². The van der Waals surface area contributed by atoms with E-state index < -0.39 is 0 Å². The molecule has 1 aromatic rings. The monoisotopic (exact) mass is 205 g/mol. The fraction of sp³-hybridized carbons (Fsp3) is 0.455. The molecular weight excluding hydrogens is 190 g/mol. The summed E-state index contributed by atoms with van der Waals surface area (Å²) in [5.74, 6) is 0.530. The van der Waals surface area contributed by atoms with Crippen LogP contribution < -0.4 is 10.5 Å². The quantitative estimate of drug-likeness (QED) is 0.581. The van der Waals surface area contributed by atoms with Crippen LogP contribution in [0, 0.1) is 12.3 Å². The lowest BCUT2D eigenvalue weighted by Gasteiger charge is -2.26. The zero-order chi connectivity index (χ0) is 10.8. The summed E-state index contributed by atoms with van der Waals surface area (Å²) < 4.78 is 5.69. The van der Waals surface area contributed by atoms with E-state index in [0.717, 1.165) is 18.4 Å². The number of aromatic nitrogens is 1. The van der Waals surface area contributed by atoms with E-state index in [1.165, 1.54) is 6.42 Å². The maximum absolute atomic E-state index is 7.49. The highest BCUT2D eigenvalue weighted by Gasteiger charge is 2.22. The molecule has 1 saturated carbocycles. The predicted molar refractivity (Wildman–Crippen MR) is 58.3 cm³/mol. The van der Waals surface area contributed by atoms with Crippen molar-refractivity contribution >= 4 is 5.84 Å². The molecule has 2 rings (SSSR count). The Balaban J connectivity index is 2.27. The van der Waals surface area contributed by atoms with Gasteiger partial charge in [-0.05, 0) is 37.8 Å². The van der Waals surface area contributed by atoms with Gasteiger partial charge in [-0.1, -0.05) is 0 Å². The molecule has 1 aromatic heterocycles. The summed E-state index contributed by atoms with van der Waals surface area (Å²) >= 11 is 0. The van der Waals surface area contributed by atoms with E-state index in [0.29, 0.717) is 11.4 Å². The van der Waals surface area contributed by atoms with E-state index in [1.807, 2.05) is 13.0 Å². The van der Waals surface area contributed by atoms with E-state index in [-0.39, 0.29) is 11.9 Å². The van der Waals surface area contributed by atoms with E-state index in [9.17, 15) is 0 Å². The van der Waals surface area contributed by atoms with Gasteiger partial charge in [-0.3, -0.25) is 5.41 Å². The van der Waals surface area contributed by atoms with Crippen molar-refractivity contribution < 1.29 is 4.74 Å². The fourth-order valence-electron chi connectivity index (χ4n) is 1.60. The van der Waals surface area contributed by atoms with Crippen LogP contribution in [-0.4, -0.2) is 16.9 Å². The van der Waals surface area contributed by atoms with Gasteiger partial charge in [0.2, 0.25) is 5.88 Å². The number of nitrogen functional groups attached to an aromatic ring is 1. The first-order chi connectivity index (χ1) is 7.18.